The molecule has 0 aromatic carbocycles. The zero-order valence-corrected chi connectivity index (χ0v) is 10.8. The predicted octanol–water partition coefficient (Wildman–Crippen LogP) is 3.58. The van der Waals surface area contributed by atoms with Gasteiger partial charge in [0, 0.05) is 23.7 Å². The molecule has 88 valence electrons. The first-order valence-electron chi connectivity index (χ1n) is 6.01. The molecule has 1 aliphatic rings. The van der Waals surface area contributed by atoms with Crippen LogP contribution in [-0.2, 0) is 0 Å². The van der Waals surface area contributed by atoms with Gasteiger partial charge in [0.25, 0.3) is 0 Å². The molecule has 2 nitrogen and oxygen atoms in total. The van der Waals surface area contributed by atoms with E-state index in [0.717, 1.165) is 29.7 Å². The van der Waals surface area contributed by atoms with Crippen molar-refractivity contribution in [2.24, 2.45) is 5.92 Å². The van der Waals surface area contributed by atoms with Gasteiger partial charge in [-0.25, -0.2) is 0 Å². The van der Waals surface area contributed by atoms with E-state index in [1.54, 1.807) is 11.3 Å². The summed E-state index contributed by atoms with van der Waals surface area (Å²) in [5.41, 5.74) is 1.25. The molecule has 1 saturated carbocycles. The van der Waals surface area contributed by atoms with Gasteiger partial charge >= 0.3 is 0 Å². The molecule has 0 bridgehead atoms. The van der Waals surface area contributed by atoms with E-state index in [2.05, 4.69) is 24.1 Å². The standard InChI is InChI=1S/C13H19NOS/c1-10(2)5-6-14(11-3-4-11)12-7-13(8-15)16-9-12/h7-11H,3-6H2,1-2H3. The van der Waals surface area contributed by atoms with E-state index >= 15 is 0 Å². The van der Waals surface area contributed by atoms with Crippen LogP contribution >= 0.6 is 11.3 Å². The maximum Gasteiger partial charge on any atom is 0.160 e. The van der Waals surface area contributed by atoms with E-state index in [4.69, 9.17) is 0 Å². The van der Waals surface area contributed by atoms with Crippen molar-refractivity contribution in [3.05, 3.63) is 16.3 Å². The Kier molecular flexibility index (Phi) is 3.64. The summed E-state index contributed by atoms with van der Waals surface area (Å²) in [6, 6.07) is 2.75. The summed E-state index contributed by atoms with van der Waals surface area (Å²) in [5, 5.41) is 2.11. The first-order chi connectivity index (χ1) is 7.70. The van der Waals surface area contributed by atoms with Crippen molar-refractivity contribution < 1.29 is 4.79 Å². The second kappa shape index (κ2) is 5.00. The molecule has 0 atom stereocenters. The number of carbonyl (C=O) groups is 1. The SMILES string of the molecule is CC(C)CCN(c1csc(C=O)c1)C1CC1. The average Bonchev–Trinajstić information content (AvgIpc) is 2.96. The summed E-state index contributed by atoms with van der Waals surface area (Å²) in [7, 11) is 0. The summed E-state index contributed by atoms with van der Waals surface area (Å²) >= 11 is 1.55. The second-order valence-electron chi connectivity index (χ2n) is 4.93. The molecule has 0 saturated heterocycles. The van der Waals surface area contributed by atoms with E-state index in [9.17, 15) is 4.79 Å². The molecule has 16 heavy (non-hydrogen) atoms. The van der Waals surface area contributed by atoms with E-state index in [-0.39, 0.29) is 0 Å². The van der Waals surface area contributed by atoms with Gasteiger partial charge in [0.05, 0.1) is 4.88 Å². The fourth-order valence-electron chi connectivity index (χ4n) is 1.86. The van der Waals surface area contributed by atoms with Crippen molar-refractivity contribution in [1.29, 1.82) is 0 Å². The van der Waals surface area contributed by atoms with Gasteiger partial charge in [0.15, 0.2) is 6.29 Å². The molecule has 1 aliphatic carbocycles. The molecule has 0 radical (unpaired) electrons. The zero-order chi connectivity index (χ0) is 11.5. The van der Waals surface area contributed by atoms with Crippen LogP contribution in [0.2, 0.25) is 0 Å². The molecule has 3 heteroatoms. The van der Waals surface area contributed by atoms with Crippen LogP contribution in [0.3, 0.4) is 0 Å². The molecule has 1 heterocycles. The minimum absolute atomic E-state index is 0.729. The van der Waals surface area contributed by atoms with Crippen molar-refractivity contribution in [2.45, 2.75) is 39.2 Å². The Balaban J connectivity index is 2.03. The van der Waals surface area contributed by atoms with Crippen LogP contribution < -0.4 is 4.90 Å². The molecule has 1 aromatic heterocycles. The Morgan fingerprint density at radius 2 is 2.31 bits per heavy atom. The number of nitrogens with zero attached hydrogens (tertiary/aromatic N) is 1. The summed E-state index contributed by atoms with van der Waals surface area (Å²) in [6.07, 6.45) is 4.79. The van der Waals surface area contributed by atoms with Crippen LogP contribution in [-0.4, -0.2) is 18.9 Å². The highest BCUT2D eigenvalue weighted by Crippen LogP contribution is 2.34. The summed E-state index contributed by atoms with van der Waals surface area (Å²) < 4.78 is 0. The van der Waals surface area contributed by atoms with Crippen LogP contribution in [0.5, 0.6) is 0 Å². The highest BCUT2D eigenvalue weighted by molar-refractivity contribution is 7.12. The topological polar surface area (TPSA) is 20.3 Å². The third-order valence-electron chi connectivity index (χ3n) is 2.99. The van der Waals surface area contributed by atoms with Gasteiger partial charge in [0.1, 0.15) is 0 Å². The lowest BCUT2D eigenvalue weighted by Crippen LogP contribution is -2.27. The Bertz CT molecular complexity index is 355. The Morgan fingerprint density at radius 1 is 1.56 bits per heavy atom. The number of hydrogen-bond donors (Lipinski definition) is 0. The van der Waals surface area contributed by atoms with Crippen LogP contribution in [0.25, 0.3) is 0 Å². The Morgan fingerprint density at radius 3 is 2.81 bits per heavy atom. The Hall–Kier alpha value is -0.830. The maximum atomic E-state index is 10.7. The highest BCUT2D eigenvalue weighted by atomic mass is 32.1. The quantitative estimate of drug-likeness (QED) is 0.705. The van der Waals surface area contributed by atoms with E-state index in [1.165, 1.54) is 24.9 Å². The van der Waals surface area contributed by atoms with E-state index in [1.807, 2.05) is 6.07 Å². The van der Waals surface area contributed by atoms with E-state index in [0.29, 0.717) is 0 Å². The second-order valence-corrected chi connectivity index (χ2v) is 5.88. The number of hydrogen-bond acceptors (Lipinski definition) is 3. The normalized spacial score (nSPS) is 15.4. The zero-order valence-electron chi connectivity index (χ0n) is 9.98. The van der Waals surface area contributed by atoms with Crippen molar-refractivity contribution in [3.63, 3.8) is 0 Å². The first kappa shape index (κ1) is 11.6. The van der Waals surface area contributed by atoms with Gasteiger partial charge in [-0.05, 0) is 31.2 Å². The molecule has 0 spiro atoms. The average molecular weight is 237 g/mol. The van der Waals surface area contributed by atoms with Crippen molar-refractivity contribution in [1.82, 2.24) is 0 Å². The van der Waals surface area contributed by atoms with Gasteiger partial charge < -0.3 is 4.90 Å². The summed E-state index contributed by atoms with van der Waals surface area (Å²) in [6.45, 7) is 5.64. The molecule has 0 unspecified atom stereocenters. The van der Waals surface area contributed by atoms with Gasteiger partial charge in [-0.1, -0.05) is 13.8 Å². The fourth-order valence-corrected chi connectivity index (χ4v) is 2.57. The van der Waals surface area contributed by atoms with Crippen LogP contribution in [0.15, 0.2) is 11.4 Å². The lowest BCUT2D eigenvalue weighted by molar-refractivity contribution is 0.112. The lowest BCUT2D eigenvalue weighted by atomic mass is 10.1. The maximum absolute atomic E-state index is 10.7. The molecular weight excluding hydrogens is 218 g/mol. The number of anilines is 1. The lowest BCUT2D eigenvalue weighted by Gasteiger charge is -2.24. The van der Waals surface area contributed by atoms with Crippen LogP contribution in [0, 0.1) is 5.92 Å². The van der Waals surface area contributed by atoms with Gasteiger partial charge in [-0.15, -0.1) is 11.3 Å². The third kappa shape index (κ3) is 2.85. The first-order valence-corrected chi connectivity index (χ1v) is 6.89. The minimum atomic E-state index is 0.729. The summed E-state index contributed by atoms with van der Waals surface area (Å²) in [4.78, 5) is 14.0. The smallest absolute Gasteiger partial charge is 0.160 e. The Labute approximate surface area is 101 Å². The molecule has 0 amide bonds. The number of thiophene rings is 1. The van der Waals surface area contributed by atoms with Crippen LogP contribution in [0.4, 0.5) is 5.69 Å². The number of aldehydes is 1. The van der Waals surface area contributed by atoms with Gasteiger partial charge in [-0.3, -0.25) is 4.79 Å². The molecule has 1 aromatic rings. The van der Waals surface area contributed by atoms with Crippen molar-refractivity contribution >= 4 is 23.3 Å². The van der Waals surface area contributed by atoms with E-state index < -0.39 is 0 Å². The molecule has 0 N–H and O–H groups in total. The largest absolute Gasteiger partial charge is 0.368 e. The van der Waals surface area contributed by atoms with Crippen LogP contribution in [0.1, 0.15) is 42.8 Å². The number of rotatable bonds is 6. The molecule has 1 fully saturated rings. The molecule has 2 rings (SSSR count). The van der Waals surface area contributed by atoms with Crippen molar-refractivity contribution in [2.75, 3.05) is 11.4 Å². The monoisotopic (exact) mass is 237 g/mol. The summed E-state index contributed by atoms with van der Waals surface area (Å²) in [5.74, 6) is 0.741. The minimum Gasteiger partial charge on any atom is -0.368 e. The van der Waals surface area contributed by atoms with Gasteiger partial charge in [-0.2, -0.15) is 0 Å². The molecule has 0 aliphatic heterocycles. The third-order valence-corrected chi connectivity index (χ3v) is 3.83. The predicted molar refractivity (Wildman–Crippen MR) is 69.5 cm³/mol. The highest BCUT2D eigenvalue weighted by Gasteiger charge is 2.29. The number of carbonyl (C=O) groups excluding carboxylic acids is 1. The van der Waals surface area contributed by atoms with Gasteiger partial charge in [0.2, 0.25) is 0 Å². The fraction of sp³-hybridized carbons (Fsp3) is 0.615. The molecular formula is C13H19NOS. The van der Waals surface area contributed by atoms with Crippen molar-refractivity contribution in [3.8, 4) is 0 Å².